The van der Waals surface area contributed by atoms with Crippen molar-refractivity contribution in [3.63, 3.8) is 0 Å². The van der Waals surface area contributed by atoms with Gasteiger partial charge in [0.2, 0.25) is 11.8 Å². The zero-order valence-corrected chi connectivity index (χ0v) is 19.7. The molecule has 9 nitrogen and oxygen atoms in total. The van der Waals surface area contributed by atoms with E-state index in [1.54, 1.807) is 25.1 Å². The van der Waals surface area contributed by atoms with Crippen molar-refractivity contribution < 1.29 is 19.1 Å². The van der Waals surface area contributed by atoms with Gasteiger partial charge in [0.05, 0.1) is 24.1 Å². The van der Waals surface area contributed by atoms with E-state index in [0.29, 0.717) is 29.1 Å². The number of rotatable bonds is 6. The van der Waals surface area contributed by atoms with E-state index >= 15 is 0 Å². The molecular formula is C26H28N4O5. The predicted molar refractivity (Wildman–Crippen MR) is 129 cm³/mol. The second-order valence-electron chi connectivity index (χ2n) is 8.97. The highest BCUT2D eigenvalue weighted by Crippen LogP contribution is 2.23. The Kier molecular flexibility index (Phi) is 6.61. The summed E-state index contributed by atoms with van der Waals surface area (Å²) in [5, 5.41) is 2.68. The molecule has 1 aromatic heterocycles. The normalized spacial score (nSPS) is 19.1. The predicted octanol–water partition coefficient (Wildman–Crippen LogP) is 2.09. The Labute approximate surface area is 202 Å². The van der Waals surface area contributed by atoms with Gasteiger partial charge >= 0.3 is 0 Å². The Morgan fingerprint density at radius 1 is 1.06 bits per heavy atom. The third-order valence-electron chi connectivity index (χ3n) is 6.51. The van der Waals surface area contributed by atoms with Crippen LogP contribution in [0.25, 0.3) is 10.9 Å². The number of piperidine rings is 1. The first kappa shape index (κ1) is 23.2. The van der Waals surface area contributed by atoms with Crippen LogP contribution in [-0.4, -0.2) is 52.6 Å². The lowest BCUT2D eigenvalue weighted by atomic mass is 10.1. The first-order valence-corrected chi connectivity index (χ1v) is 11.9. The van der Waals surface area contributed by atoms with Crippen LogP contribution in [0.1, 0.15) is 35.8 Å². The summed E-state index contributed by atoms with van der Waals surface area (Å²) in [6.45, 7) is 6.43. The maximum atomic E-state index is 13.3. The highest BCUT2D eigenvalue weighted by atomic mass is 16.5. The quantitative estimate of drug-likeness (QED) is 0.544. The van der Waals surface area contributed by atoms with Crippen LogP contribution < -0.4 is 15.6 Å². The van der Waals surface area contributed by atoms with Crippen LogP contribution in [0.3, 0.4) is 0 Å². The van der Waals surface area contributed by atoms with Gasteiger partial charge in [-0.05, 0) is 42.7 Å². The molecule has 1 N–H and O–H groups in total. The average Bonchev–Trinajstić information content (AvgIpc) is 2.86. The SMILES string of the molecule is Cc1nc2ccc(OCc3ccc(CN4CCOCC4)cc3)cc2c(=O)n1C1CCC(=O)NC1=O. The monoisotopic (exact) mass is 476 g/mol. The molecule has 35 heavy (non-hydrogen) atoms. The molecule has 3 aromatic rings. The molecule has 3 heterocycles. The van der Waals surface area contributed by atoms with E-state index < -0.39 is 11.9 Å². The number of benzene rings is 2. The first-order valence-electron chi connectivity index (χ1n) is 11.9. The number of carbonyl (C=O) groups excluding carboxylic acids is 2. The lowest BCUT2D eigenvalue weighted by molar-refractivity contribution is -0.135. The van der Waals surface area contributed by atoms with E-state index in [9.17, 15) is 14.4 Å². The summed E-state index contributed by atoms with van der Waals surface area (Å²) in [5.41, 5.74) is 2.49. The summed E-state index contributed by atoms with van der Waals surface area (Å²) >= 11 is 0. The minimum absolute atomic E-state index is 0.189. The third-order valence-corrected chi connectivity index (χ3v) is 6.51. The average molecular weight is 477 g/mol. The van der Waals surface area contributed by atoms with Crippen molar-refractivity contribution in [2.45, 2.75) is 39.0 Å². The van der Waals surface area contributed by atoms with E-state index in [0.717, 1.165) is 38.4 Å². The molecule has 0 bridgehead atoms. The Balaban J connectivity index is 1.30. The summed E-state index contributed by atoms with van der Waals surface area (Å²) in [5.74, 6) is 0.183. The number of ether oxygens (including phenoxy) is 2. The molecule has 2 saturated heterocycles. The highest BCUT2D eigenvalue weighted by molar-refractivity contribution is 5.99. The summed E-state index contributed by atoms with van der Waals surface area (Å²) < 4.78 is 12.7. The Morgan fingerprint density at radius 2 is 1.80 bits per heavy atom. The zero-order valence-electron chi connectivity index (χ0n) is 19.7. The summed E-state index contributed by atoms with van der Waals surface area (Å²) in [7, 11) is 0. The van der Waals surface area contributed by atoms with E-state index in [1.165, 1.54) is 10.1 Å². The van der Waals surface area contributed by atoms with E-state index in [2.05, 4.69) is 39.5 Å². The van der Waals surface area contributed by atoms with Crippen LogP contribution in [-0.2, 0) is 27.5 Å². The fourth-order valence-electron chi connectivity index (χ4n) is 4.60. The van der Waals surface area contributed by atoms with Gasteiger partial charge in [0.1, 0.15) is 24.2 Å². The molecule has 0 aliphatic carbocycles. The molecule has 2 fully saturated rings. The minimum Gasteiger partial charge on any atom is -0.489 e. The van der Waals surface area contributed by atoms with Crippen LogP contribution in [0.2, 0.25) is 0 Å². The lowest BCUT2D eigenvalue weighted by Gasteiger charge is -2.26. The molecule has 9 heteroatoms. The largest absolute Gasteiger partial charge is 0.489 e. The second kappa shape index (κ2) is 9.97. The topological polar surface area (TPSA) is 103 Å². The molecule has 0 spiro atoms. The lowest BCUT2D eigenvalue weighted by Crippen LogP contribution is -2.45. The van der Waals surface area contributed by atoms with Gasteiger partial charge in [-0.15, -0.1) is 0 Å². The van der Waals surface area contributed by atoms with E-state index in [1.807, 2.05) is 0 Å². The molecule has 2 aromatic carbocycles. The summed E-state index contributed by atoms with van der Waals surface area (Å²) in [6.07, 6.45) is 0.463. The third kappa shape index (κ3) is 5.11. The maximum absolute atomic E-state index is 13.3. The zero-order chi connectivity index (χ0) is 24.4. The van der Waals surface area contributed by atoms with Crippen LogP contribution in [0.15, 0.2) is 47.3 Å². The van der Waals surface area contributed by atoms with Crippen LogP contribution >= 0.6 is 0 Å². The number of carbonyl (C=O) groups is 2. The number of hydrogen-bond donors (Lipinski definition) is 1. The molecule has 2 aliphatic rings. The van der Waals surface area contributed by atoms with Crippen molar-refractivity contribution in [2.75, 3.05) is 26.3 Å². The maximum Gasteiger partial charge on any atom is 0.262 e. The fraction of sp³-hybridized carbons (Fsp3) is 0.385. The van der Waals surface area contributed by atoms with Crippen molar-refractivity contribution >= 4 is 22.7 Å². The number of imide groups is 1. The number of aryl methyl sites for hydroxylation is 1. The van der Waals surface area contributed by atoms with Gasteiger partial charge in [0, 0.05) is 26.1 Å². The van der Waals surface area contributed by atoms with Crippen molar-refractivity contribution in [3.05, 3.63) is 69.8 Å². The van der Waals surface area contributed by atoms with E-state index in [4.69, 9.17) is 9.47 Å². The van der Waals surface area contributed by atoms with Crippen molar-refractivity contribution in [1.29, 1.82) is 0 Å². The van der Waals surface area contributed by atoms with E-state index in [-0.39, 0.29) is 24.3 Å². The number of nitrogens with zero attached hydrogens (tertiary/aromatic N) is 3. The van der Waals surface area contributed by atoms with Gasteiger partial charge in [-0.25, -0.2) is 4.98 Å². The van der Waals surface area contributed by atoms with Crippen molar-refractivity contribution in [2.24, 2.45) is 0 Å². The summed E-state index contributed by atoms with van der Waals surface area (Å²) in [6, 6.07) is 12.8. The Bertz CT molecular complexity index is 1310. The van der Waals surface area contributed by atoms with Gasteiger partial charge in [-0.3, -0.25) is 29.2 Å². The first-order chi connectivity index (χ1) is 17.0. The van der Waals surface area contributed by atoms with Gasteiger partial charge in [0.15, 0.2) is 0 Å². The number of aromatic nitrogens is 2. The molecule has 182 valence electrons. The highest BCUT2D eigenvalue weighted by Gasteiger charge is 2.30. The molecule has 0 radical (unpaired) electrons. The smallest absolute Gasteiger partial charge is 0.262 e. The molecule has 0 saturated carbocycles. The number of nitrogens with one attached hydrogen (secondary N) is 1. The van der Waals surface area contributed by atoms with Crippen LogP contribution in [0.5, 0.6) is 5.75 Å². The van der Waals surface area contributed by atoms with Gasteiger partial charge < -0.3 is 9.47 Å². The van der Waals surface area contributed by atoms with Crippen LogP contribution in [0.4, 0.5) is 0 Å². The fourth-order valence-corrected chi connectivity index (χ4v) is 4.60. The minimum atomic E-state index is -0.752. The second-order valence-corrected chi connectivity index (χ2v) is 8.97. The van der Waals surface area contributed by atoms with Crippen LogP contribution in [0, 0.1) is 6.92 Å². The van der Waals surface area contributed by atoms with Crippen molar-refractivity contribution in [3.8, 4) is 5.75 Å². The summed E-state index contributed by atoms with van der Waals surface area (Å²) in [4.78, 5) is 44.1. The number of morpholine rings is 1. The molecular weight excluding hydrogens is 448 g/mol. The Hall–Kier alpha value is -3.56. The van der Waals surface area contributed by atoms with Gasteiger partial charge in [0.25, 0.3) is 5.56 Å². The van der Waals surface area contributed by atoms with Gasteiger partial charge in [-0.2, -0.15) is 0 Å². The number of hydrogen-bond acceptors (Lipinski definition) is 7. The van der Waals surface area contributed by atoms with Crippen molar-refractivity contribution in [1.82, 2.24) is 19.8 Å². The standard InChI is InChI=1S/C26H28N4O5/c1-17-27-22-7-6-20(14-21(22)26(33)30(17)23-8-9-24(31)28-25(23)32)35-16-19-4-2-18(3-5-19)15-29-10-12-34-13-11-29/h2-7,14,23H,8-13,15-16H2,1H3,(H,28,31,32). The number of fused-ring (bicyclic) bond motifs is 1. The number of amides is 2. The molecule has 1 atom stereocenters. The molecule has 2 amide bonds. The molecule has 1 unspecified atom stereocenters. The van der Waals surface area contributed by atoms with Gasteiger partial charge in [-0.1, -0.05) is 24.3 Å². The Morgan fingerprint density at radius 3 is 2.54 bits per heavy atom. The molecule has 5 rings (SSSR count). The molecule has 2 aliphatic heterocycles.